The van der Waals surface area contributed by atoms with E-state index in [1.54, 1.807) is 7.11 Å². The maximum absolute atomic E-state index is 11.3. The minimum atomic E-state index is -0.206. The van der Waals surface area contributed by atoms with Crippen molar-refractivity contribution in [3.63, 3.8) is 0 Å². The van der Waals surface area contributed by atoms with Crippen LogP contribution in [0.2, 0.25) is 0 Å². The van der Waals surface area contributed by atoms with Crippen LogP contribution in [-0.4, -0.2) is 23.7 Å². The van der Waals surface area contributed by atoms with E-state index >= 15 is 0 Å². The van der Waals surface area contributed by atoms with Crippen LogP contribution in [0.1, 0.15) is 12.5 Å². The van der Waals surface area contributed by atoms with Gasteiger partial charge in [0.1, 0.15) is 0 Å². The van der Waals surface area contributed by atoms with Crippen LogP contribution in [0.15, 0.2) is 39.6 Å². The summed E-state index contributed by atoms with van der Waals surface area (Å²) in [4.78, 5) is 16.8. The molecule has 0 aliphatic rings. The van der Waals surface area contributed by atoms with Gasteiger partial charge in [-0.3, -0.25) is 0 Å². The quantitative estimate of drug-likeness (QED) is 0.599. The molecule has 1 aromatic heterocycles. The van der Waals surface area contributed by atoms with Gasteiger partial charge >= 0.3 is 5.69 Å². The van der Waals surface area contributed by atoms with Crippen LogP contribution in [0.4, 0.5) is 5.69 Å². The molecule has 24 heavy (non-hydrogen) atoms. The first-order chi connectivity index (χ1) is 11.6. The smallest absolute Gasteiger partial charge is 0.323 e. The summed E-state index contributed by atoms with van der Waals surface area (Å²) >= 11 is 3.51. The molecule has 0 aliphatic heterocycles. The van der Waals surface area contributed by atoms with E-state index in [0.717, 1.165) is 26.8 Å². The molecule has 0 radical (unpaired) electrons. The number of ether oxygens (including phenoxy) is 2. The monoisotopic (exact) mass is 391 g/mol. The number of hydrogen-bond donors (Lipinski definition) is 3. The number of aromatic amines is 2. The van der Waals surface area contributed by atoms with Crippen LogP contribution in [0, 0.1) is 0 Å². The van der Waals surface area contributed by atoms with Crippen molar-refractivity contribution in [2.24, 2.45) is 0 Å². The molecule has 0 fully saturated rings. The molecule has 0 aliphatic carbocycles. The van der Waals surface area contributed by atoms with E-state index in [0.29, 0.717) is 24.7 Å². The summed E-state index contributed by atoms with van der Waals surface area (Å²) in [5.41, 5.74) is 3.33. The second kappa shape index (κ2) is 7.00. The van der Waals surface area contributed by atoms with Gasteiger partial charge in [-0.25, -0.2) is 4.79 Å². The van der Waals surface area contributed by atoms with Gasteiger partial charge in [0, 0.05) is 12.2 Å². The average Bonchev–Trinajstić information content (AvgIpc) is 2.92. The zero-order valence-corrected chi connectivity index (χ0v) is 15.0. The fourth-order valence-corrected chi connectivity index (χ4v) is 3.18. The van der Waals surface area contributed by atoms with Crippen molar-refractivity contribution in [1.82, 2.24) is 9.97 Å². The van der Waals surface area contributed by atoms with Crippen molar-refractivity contribution in [2.45, 2.75) is 13.5 Å². The Kier molecular flexibility index (Phi) is 4.80. The summed E-state index contributed by atoms with van der Waals surface area (Å²) in [5, 5.41) is 3.34. The lowest BCUT2D eigenvalue weighted by Gasteiger charge is -2.14. The molecule has 0 saturated carbocycles. The van der Waals surface area contributed by atoms with Gasteiger partial charge in [0.2, 0.25) is 0 Å². The van der Waals surface area contributed by atoms with Gasteiger partial charge in [-0.2, -0.15) is 0 Å². The molecule has 0 amide bonds. The van der Waals surface area contributed by atoms with Crippen LogP contribution < -0.4 is 20.5 Å². The molecule has 0 bridgehead atoms. The maximum atomic E-state index is 11.3. The fraction of sp³-hybridized carbons (Fsp3) is 0.235. The summed E-state index contributed by atoms with van der Waals surface area (Å²) in [7, 11) is 1.62. The molecule has 3 rings (SSSR count). The van der Waals surface area contributed by atoms with Crippen molar-refractivity contribution < 1.29 is 9.47 Å². The molecule has 0 spiro atoms. The Morgan fingerprint density at radius 2 is 1.96 bits per heavy atom. The Labute approximate surface area is 147 Å². The largest absolute Gasteiger partial charge is 0.492 e. The standard InChI is InChI=1S/C17H18BrN3O3/c1-3-24-15-7-10(6-12(18)16(15)23-2)9-19-11-4-5-13-14(8-11)21-17(22)20-13/h4-8,19H,3,9H2,1-2H3,(H2,20,21,22). The molecule has 3 aromatic rings. The summed E-state index contributed by atoms with van der Waals surface area (Å²) in [5.74, 6) is 1.39. The predicted molar refractivity (Wildman–Crippen MR) is 98.1 cm³/mol. The number of imidazole rings is 1. The summed E-state index contributed by atoms with van der Waals surface area (Å²) in [6, 6.07) is 9.64. The van der Waals surface area contributed by atoms with Gasteiger partial charge in [-0.05, 0) is 58.7 Å². The Balaban J connectivity index is 1.80. The zero-order chi connectivity index (χ0) is 17.1. The highest BCUT2D eigenvalue weighted by Crippen LogP contribution is 2.36. The molecule has 6 nitrogen and oxygen atoms in total. The van der Waals surface area contributed by atoms with E-state index in [1.165, 1.54) is 0 Å². The second-order valence-corrected chi connectivity index (χ2v) is 6.09. The van der Waals surface area contributed by atoms with E-state index in [1.807, 2.05) is 37.3 Å². The first kappa shape index (κ1) is 16.4. The Morgan fingerprint density at radius 1 is 1.17 bits per heavy atom. The van der Waals surface area contributed by atoms with Crippen molar-refractivity contribution in [3.05, 3.63) is 50.9 Å². The molecule has 0 unspecified atom stereocenters. The van der Waals surface area contributed by atoms with Crippen LogP contribution in [0.25, 0.3) is 11.0 Å². The van der Waals surface area contributed by atoms with Gasteiger partial charge in [0.15, 0.2) is 11.5 Å². The number of fused-ring (bicyclic) bond motifs is 1. The molecule has 126 valence electrons. The fourth-order valence-electron chi connectivity index (χ4n) is 2.53. The molecule has 0 saturated heterocycles. The minimum Gasteiger partial charge on any atom is -0.492 e. The van der Waals surface area contributed by atoms with Gasteiger partial charge < -0.3 is 24.8 Å². The van der Waals surface area contributed by atoms with Crippen LogP contribution >= 0.6 is 15.9 Å². The highest BCUT2D eigenvalue weighted by molar-refractivity contribution is 9.10. The highest BCUT2D eigenvalue weighted by atomic mass is 79.9. The Morgan fingerprint density at radius 3 is 2.71 bits per heavy atom. The number of nitrogens with one attached hydrogen (secondary N) is 3. The molecular formula is C17H18BrN3O3. The molecule has 2 aromatic carbocycles. The number of rotatable bonds is 6. The number of anilines is 1. The molecule has 1 heterocycles. The Bertz CT molecular complexity index is 917. The number of aromatic nitrogens is 2. The number of H-pyrrole nitrogens is 2. The molecular weight excluding hydrogens is 374 g/mol. The number of halogens is 1. The van der Waals surface area contributed by atoms with E-state index in [-0.39, 0.29) is 5.69 Å². The van der Waals surface area contributed by atoms with Crippen molar-refractivity contribution in [3.8, 4) is 11.5 Å². The maximum Gasteiger partial charge on any atom is 0.323 e. The van der Waals surface area contributed by atoms with Gasteiger partial charge in [0.05, 0.1) is 29.2 Å². The van der Waals surface area contributed by atoms with Crippen molar-refractivity contribution >= 4 is 32.7 Å². The first-order valence-electron chi connectivity index (χ1n) is 7.56. The third-order valence-electron chi connectivity index (χ3n) is 3.59. The highest BCUT2D eigenvalue weighted by Gasteiger charge is 2.11. The van der Waals surface area contributed by atoms with E-state index in [2.05, 4.69) is 31.2 Å². The van der Waals surface area contributed by atoms with E-state index < -0.39 is 0 Å². The van der Waals surface area contributed by atoms with Crippen molar-refractivity contribution in [1.29, 1.82) is 0 Å². The first-order valence-corrected chi connectivity index (χ1v) is 8.35. The van der Waals surface area contributed by atoms with E-state index in [4.69, 9.17) is 9.47 Å². The molecule has 7 heteroatoms. The number of hydrogen-bond acceptors (Lipinski definition) is 4. The van der Waals surface area contributed by atoms with Crippen molar-refractivity contribution in [2.75, 3.05) is 19.0 Å². The Hall–Kier alpha value is -2.41. The summed E-state index contributed by atoms with van der Waals surface area (Å²) in [6.45, 7) is 3.12. The normalized spacial score (nSPS) is 10.8. The van der Waals surface area contributed by atoms with Crippen LogP contribution in [0.3, 0.4) is 0 Å². The zero-order valence-electron chi connectivity index (χ0n) is 13.4. The topological polar surface area (TPSA) is 79.1 Å². The lowest BCUT2D eigenvalue weighted by molar-refractivity contribution is 0.309. The van der Waals surface area contributed by atoms with Gasteiger partial charge in [-0.15, -0.1) is 0 Å². The number of methoxy groups -OCH3 is 1. The lowest BCUT2D eigenvalue weighted by Crippen LogP contribution is -2.02. The second-order valence-electron chi connectivity index (χ2n) is 5.24. The van der Waals surface area contributed by atoms with Gasteiger partial charge in [0.25, 0.3) is 0 Å². The summed E-state index contributed by atoms with van der Waals surface area (Å²) in [6.07, 6.45) is 0. The molecule has 3 N–H and O–H groups in total. The van der Waals surface area contributed by atoms with Gasteiger partial charge in [-0.1, -0.05) is 0 Å². The minimum absolute atomic E-state index is 0.206. The summed E-state index contributed by atoms with van der Waals surface area (Å²) < 4.78 is 11.8. The van der Waals surface area contributed by atoms with E-state index in [9.17, 15) is 4.79 Å². The third kappa shape index (κ3) is 3.41. The number of benzene rings is 2. The van der Waals surface area contributed by atoms with Crippen LogP contribution in [0.5, 0.6) is 11.5 Å². The van der Waals surface area contributed by atoms with Crippen LogP contribution in [-0.2, 0) is 6.54 Å². The predicted octanol–water partition coefficient (Wildman–Crippen LogP) is 3.64. The SMILES string of the molecule is CCOc1cc(CNc2ccc3[nH]c(=O)[nH]c3c2)cc(Br)c1OC. The lowest BCUT2D eigenvalue weighted by atomic mass is 10.2. The average molecular weight is 392 g/mol. The molecule has 0 atom stereocenters. The third-order valence-corrected chi connectivity index (χ3v) is 4.17.